The summed E-state index contributed by atoms with van der Waals surface area (Å²) in [5.41, 5.74) is 9.01. The number of nitrogens with zero attached hydrogens (tertiary/aromatic N) is 4. The van der Waals surface area contributed by atoms with Crippen molar-refractivity contribution in [3.05, 3.63) is 174 Å². The van der Waals surface area contributed by atoms with Gasteiger partial charge in [0.2, 0.25) is 0 Å². The SMILES string of the molecule is C(=C(C1=NN(c2ccccc2)C(c2ccccc2)C1)C1=NN(c2ccccc2)C(c2ccccc2)C1)c1ccccc1. The fourth-order valence-electron chi connectivity index (χ4n) is 5.90. The molecular formula is C38H32N4. The standard InChI is InChI=1S/C38H32N4/c1-6-16-29(17-7-1)26-34(35-27-37(30-18-8-2-9-19-30)41(39-35)32-22-12-4-13-23-32)36-28-38(31-20-10-3-11-21-31)42(40-36)33-24-14-5-15-25-33/h1-26,37-38H,27-28H2. The summed E-state index contributed by atoms with van der Waals surface area (Å²) in [6, 6.07) is 53.1. The molecule has 0 spiro atoms. The first-order valence-electron chi connectivity index (χ1n) is 14.5. The van der Waals surface area contributed by atoms with Crippen LogP contribution in [0, 0.1) is 0 Å². The third-order valence-electron chi connectivity index (χ3n) is 7.96. The molecule has 204 valence electrons. The lowest BCUT2D eigenvalue weighted by Crippen LogP contribution is -2.18. The molecule has 4 heteroatoms. The van der Waals surface area contributed by atoms with Gasteiger partial charge in [-0.1, -0.05) is 127 Å². The number of para-hydroxylation sites is 2. The van der Waals surface area contributed by atoms with Crippen molar-refractivity contribution in [3.63, 3.8) is 0 Å². The van der Waals surface area contributed by atoms with Gasteiger partial charge in [-0.15, -0.1) is 0 Å². The number of hydrazone groups is 2. The Morgan fingerprint density at radius 3 is 1.24 bits per heavy atom. The molecule has 2 aliphatic rings. The summed E-state index contributed by atoms with van der Waals surface area (Å²) in [6.07, 6.45) is 3.85. The van der Waals surface area contributed by atoms with Crippen molar-refractivity contribution in [2.45, 2.75) is 24.9 Å². The molecule has 2 aliphatic heterocycles. The Labute approximate surface area is 247 Å². The van der Waals surface area contributed by atoms with E-state index in [-0.39, 0.29) is 12.1 Å². The van der Waals surface area contributed by atoms with E-state index in [0.717, 1.165) is 46.8 Å². The van der Waals surface area contributed by atoms with Crippen molar-refractivity contribution >= 4 is 28.9 Å². The number of anilines is 2. The fraction of sp³-hybridized carbons (Fsp3) is 0.105. The van der Waals surface area contributed by atoms with E-state index in [1.165, 1.54) is 11.1 Å². The Balaban J connectivity index is 1.34. The van der Waals surface area contributed by atoms with Gasteiger partial charge in [-0.05, 0) is 47.0 Å². The predicted molar refractivity (Wildman–Crippen MR) is 175 cm³/mol. The first-order chi connectivity index (χ1) is 20.8. The van der Waals surface area contributed by atoms with E-state index >= 15 is 0 Å². The van der Waals surface area contributed by atoms with Crippen LogP contribution in [0.25, 0.3) is 6.08 Å². The van der Waals surface area contributed by atoms with Gasteiger partial charge in [0.15, 0.2) is 0 Å². The van der Waals surface area contributed by atoms with E-state index in [0.29, 0.717) is 0 Å². The van der Waals surface area contributed by atoms with Crippen molar-refractivity contribution in [3.8, 4) is 0 Å². The maximum absolute atomic E-state index is 5.34. The maximum atomic E-state index is 5.34. The molecule has 0 fully saturated rings. The minimum Gasteiger partial charge on any atom is -0.257 e. The number of rotatable bonds is 7. The molecule has 0 saturated carbocycles. The van der Waals surface area contributed by atoms with Crippen LogP contribution in [-0.2, 0) is 0 Å². The Kier molecular flexibility index (Phi) is 7.18. The molecule has 4 nitrogen and oxygen atoms in total. The lowest BCUT2D eigenvalue weighted by molar-refractivity contribution is 0.708. The van der Waals surface area contributed by atoms with Gasteiger partial charge in [-0.2, -0.15) is 10.2 Å². The number of hydrogen-bond acceptors (Lipinski definition) is 4. The molecular weight excluding hydrogens is 512 g/mol. The highest BCUT2D eigenvalue weighted by Crippen LogP contribution is 2.41. The normalized spacial score (nSPS) is 18.0. The minimum atomic E-state index is 0.0972. The molecule has 0 saturated heterocycles. The van der Waals surface area contributed by atoms with Gasteiger partial charge < -0.3 is 0 Å². The van der Waals surface area contributed by atoms with Gasteiger partial charge in [-0.3, -0.25) is 10.0 Å². The molecule has 7 rings (SSSR count). The van der Waals surface area contributed by atoms with Crippen molar-refractivity contribution in [2.24, 2.45) is 10.2 Å². The zero-order valence-corrected chi connectivity index (χ0v) is 23.4. The van der Waals surface area contributed by atoms with E-state index in [1.807, 2.05) is 0 Å². The second kappa shape index (κ2) is 11.7. The highest BCUT2D eigenvalue weighted by molar-refractivity contribution is 6.28. The average molecular weight is 545 g/mol. The van der Waals surface area contributed by atoms with E-state index < -0.39 is 0 Å². The van der Waals surface area contributed by atoms with Gasteiger partial charge in [0.1, 0.15) is 0 Å². The van der Waals surface area contributed by atoms with Crippen LogP contribution in [0.5, 0.6) is 0 Å². The lowest BCUT2D eigenvalue weighted by atomic mass is 9.91. The summed E-state index contributed by atoms with van der Waals surface area (Å²) >= 11 is 0. The van der Waals surface area contributed by atoms with E-state index in [2.05, 4.69) is 168 Å². The second-order valence-corrected chi connectivity index (χ2v) is 10.7. The fourth-order valence-corrected chi connectivity index (χ4v) is 5.90. The van der Waals surface area contributed by atoms with Crippen molar-refractivity contribution in [1.82, 2.24) is 0 Å². The van der Waals surface area contributed by atoms with Crippen LogP contribution in [0.3, 0.4) is 0 Å². The van der Waals surface area contributed by atoms with E-state index in [1.54, 1.807) is 0 Å². The monoisotopic (exact) mass is 544 g/mol. The highest BCUT2D eigenvalue weighted by Gasteiger charge is 2.36. The van der Waals surface area contributed by atoms with Gasteiger partial charge in [-0.25, -0.2) is 0 Å². The van der Waals surface area contributed by atoms with Crippen LogP contribution in [0.2, 0.25) is 0 Å². The molecule has 42 heavy (non-hydrogen) atoms. The summed E-state index contributed by atoms with van der Waals surface area (Å²) in [6.45, 7) is 0. The minimum absolute atomic E-state index is 0.0972. The maximum Gasteiger partial charge on any atom is 0.0831 e. The second-order valence-electron chi connectivity index (χ2n) is 10.7. The summed E-state index contributed by atoms with van der Waals surface area (Å²) in [4.78, 5) is 0. The van der Waals surface area contributed by atoms with Gasteiger partial charge >= 0.3 is 0 Å². The zero-order chi connectivity index (χ0) is 28.1. The van der Waals surface area contributed by atoms with Crippen LogP contribution in [0.1, 0.15) is 41.6 Å². The van der Waals surface area contributed by atoms with Crippen LogP contribution in [-0.4, -0.2) is 11.4 Å². The Morgan fingerprint density at radius 2 is 0.833 bits per heavy atom. The topological polar surface area (TPSA) is 31.2 Å². The molecule has 2 unspecified atom stereocenters. The number of benzene rings is 5. The molecule has 0 radical (unpaired) electrons. The molecule has 0 aromatic heterocycles. The van der Waals surface area contributed by atoms with Crippen LogP contribution >= 0.6 is 0 Å². The average Bonchev–Trinajstić information content (AvgIpc) is 3.72. The first kappa shape index (κ1) is 25.7. The molecule has 5 aromatic rings. The molecule has 0 N–H and O–H groups in total. The predicted octanol–water partition coefficient (Wildman–Crippen LogP) is 9.09. The van der Waals surface area contributed by atoms with E-state index in [9.17, 15) is 0 Å². The van der Waals surface area contributed by atoms with Crippen LogP contribution < -0.4 is 10.0 Å². The first-order valence-corrected chi connectivity index (χ1v) is 14.5. The van der Waals surface area contributed by atoms with E-state index in [4.69, 9.17) is 10.2 Å². The quantitative estimate of drug-likeness (QED) is 0.205. The molecule has 5 aromatic carbocycles. The Bertz CT molecular complexity index is 1600. The number of allylic oxidation sites excluding steroid dienone is 1. The third kappa shape index (κ3) is 5.27. The largest absolute Gasteiger partial charge is 0.257 e. The zero-order valence-electron chi connectivity index (χ0n) is 23.4. The summed E-state index contributed by atoms with van der Waals surface area (Å²) in [7, 11) is 0. The lowest BCUT2D eigenvalue weighted by Gasteiger charge is -2.23. The molecule has 2 atom stereocenters. The summed E-state index contributed by atoms with van der Waals surface area (Å²) < 4.78 is 0. The highest BCUT2D eigenvalue weighted by atomic mass is 15.5. The van der Waals surface area contributed by atoms with Crippen molar-refractivity contribution in [1.29, 1.82) is 0 Å². The summed E-state index contributed by atoms with van der Waals surface area (Å²) in [5.74, 6) is 0. The molecule has 0 aliphatic carbocycles. The Morgan fingerprint density at radius 1 is 0.476 bits per heavy atom. The smallest absolute Gasteiger partial charge is 0.0831 e. The van der Waals surface area contributed by atoms with Gasteiger partial charge in [0.05, 0.1) is 34.9 Å². The molecule has 2 heterocycles. The Hall–Kier alpha value is -5.22. The van der Waals surface area contributed by atoms with Gasteiger partial charge in [0, 0.05) is 18.4 Å². The van der Waals surface area contributed by atoms with Crippen LogP contribution in [0.4, 0.5) is 11.4 Å². The van der Waals surface area contributed by atoms with Crippen molar-refractivity contribution < 1.29 is 0 Å². The molecule has 0 bridgehead atoms. The third-order valence-corrected chi connectivity index (χ3v) is 7.96. The molecule has 0 amide bonds. The van der Waals surface area contributed by atoms with Crippen molar-refractivity contribution in [2.75, 3.05) is 10.0 Å². The summed E-state index contributed by atoms with van der Waals surface area (Å²) in [5, 5.41) is 15.0. The van der Waals surface area contributed by atoms with Crippen LogP contribution in [0.15, 0.2) is 167 Å². The number of hydrogen-bond donors (Lipinski definition) is 0. The van der Waals surface area contributed by atoms with Gasteiger partial charge in [0.25, 0.3) is 0 Å².